The first kappa shape index (κ1) is 17.2. The number of nitrogens with one attached hydrogen (secondary N) is 1. The minimum Gasteiger partial charge on any atom is -0.379 e. The van der Waals surface area contributed by atoms with Crippen LogP contribution in [-0.4, -0.2) is 68.3 Å². The highest BCUT2D eigenvalue weighted by Gasteiger charge is 2.13. The highest BCUT2D eigenvalue weighted by molar-refractivity contribution is 5.92. The van der Waals surface area contributed by atoms with Crippen molar-refractivity contribution in [1.29, 1.82) is 0 Å². The largest absolute Gasteiger partial charge is 0.379 e. The van der Waals surface area contributed by atoms with Crippen LogP contribution in [0, 0.1) is 0 Å². The third kappa shape index (κ3) is 4.92. The first-order valence-corrected chi connectivity index (χ1v) is 9.12. The van der Waals surface area contributed by atoms with E-state index in [4.69, 9.17) is 4.74 Å². The van der Waals surface area contributed by atoms with Crippen molar-refractivity contribution in [2.75, 3.05) is 57.4 Å². The van der Waals surface area contributed by atoms with Gasteiger partial charge in [-0.25, -0.2) is 4.98 Å². The van der Waals surface area contributed by atoms with Crippen molar-refractivity contribution < 1.29 is 9.53 Å². The molecule has 0 aromatic carbocycles. The summed E-state index contributed by atoms with van der Waals surface area (Å²) in [7, 11) is 0. The molecule has 1 aromatic rings. The monoisotopic (exact) mass is 332 g/mol. The van der Waals surface area contributed by atoms with Crippen molar-refractivity contribution in [3.05, 3.63) is 24.0 Å². The van der Waals surface area contributed by atoms with E-state index in [2.05, 4.69) is 20.1 Å². The Balaban J connectivity index is 1.46. The van der Waals surface area contributed by atoms with E-state index in [1.165, 1.54) is 25.7 Å². The van der Waals surface area contributed by atoms with E-state index in [0.717, 1.165) is 51.6 Å². The number of nitrogens with zero attached hydrogens (tertiary/aromatic N) is 3. The van der Waals surface area contributed by atoms with Crippen LogP contribution in [0.5, 0.6) is 0 Å². The molecule has 0 radical (unpaired) electrons. The summed E-state index contributed by atoms with van der Waals surface area (Å²) in [5.74, 6) is -0.0920. The number of rotatable bonds is 5. The van der Waals surface area contributed by atoms with E-state index in [1.54, 1.807) is 0 Å². The number of pyridine rings is 1. The quantitative estimate of drug-likeness (QED) is 0.886. The molecule has 0 unspecified atom stereocenters. The molecule has 2 aliphatic rings. The van der Waals surface area contributed by atoms with Crippen LogP contribution in [0.2, 0.25) is 0 Å². The van der Waals surface area contributed by atoms with Crippen LogP contribution in [0.25, 0.3) is 0 Å². The highest BCUT2D eigenvalue weighted by Crippen LogP contribution is 2.18. The number of hydrogen-bond acceptors (Lipinski definition) is 5. The standard InChI is InChI=1S/C18H28N4O2/c23-18(19-7-10-21-11-13-24-14-12-21)17-6-5-16(15-20-17)22-8-3-1-2-4-9-22/h5-6,15H,1-4,7-14H2,(H,19,23). The van der Waals surface area contributed by atoms with Crippen molar-refractivity contribution in [3.8, 4) is 0 Å². The molecule has 0 aliphatic carbocycles. The van der Waals surface area contributed by atoms with Gasteiger partial charge in [0.05, 0.1) is 25.1 Å². The number of morpholine rings is 1. The Hall–Kier alpha value is -1.66. The Kier molecular flexibility index (Phi) is 6.43. The summed E-state index contributed by atoms with van der Waals surface area (Å²) in [5, 5.41) is 2.96. The smallest absolute Gasteiger partial charge is 0.269 e. The Morgan fingerprint density at radius 2 is 1.83 bits per heavy atom. The second kappa shape index (κ2) is 8.99. The zero-order chi connectivity index (χ0) is 16.6. The summed E-state index contributed by atoms with van der Waals surface area (Å²) in [4.78, 5) is 21.2. The van der Waals surface area contributed by atoms with Gasteiger partial charge in [0.15, 0.2) is 0 Å². The fourth-order valence-corrected chi connectivity index (χ4v) is 3.28. The van der Waals surface area contributed by atoms with E-state index in [-0.39, 0.29) is 5.91 Å². The molecule has 2 saturated heterocycles. The van der Waals surface area contributed by atoms with Gasteiger partial charge in [-0.2, -0.15) is 0 Å². The predicted molar refractivity (Wildman–Crippen MR) is 94.5 cm³/mol. The predicted octanol–water partition coefficient (Wildman–Crippen LogP) is 1.52. The lowest BCUT2D eigenvalue weighted by Gasteiger charge is -2.26. The molecule has 0 saturated carbocycles. The van der Waals surface area contributed by atoms with Crippen LogP contribution in [0.4, 0.5) is 5.69 Å². The van der Waals surface area contributed by atoms with Crippen LogP contribution in [0.1, 0.15) is 36.2 Å². The molecule has 3 heterocycles. The average molecular weight is 332 g/mol. The van der Waals surface area contributed by atoms with Crippen molar-refractivity contribution in [2.24, 2.45) is 0 Å². The van der Waals surface area contributed by atoms with Crippen LogP contribution in [0.15, 0.2) is 18.3 Å². The molecule has 132 valence electrons. The van der Waals surface area contributed by atoms with Gasteiger partial charge in [0.2, 0.25) is 0 Å². The molecule has 0 bridgehead atoms. The Labute approximate surface area is 144 Å². The lowest BCUT2D eigenvalue weighted by molar-refractivity contribution is 0.0383. The minimum atomic E-state index is -0.0920. The lowest BCUT2D eigenvalue weighted by atomic mass is 10.2. The van der Waals surface area contributed by atoms with Crippen LogP contribution in [-0.2, 0) is 4.74 Å². The van der Waals surface area contributed by atoms with Gasteiger partial charge in [-0.15, -0.1) is 0 Å². The van der Waals surface area contributed by atoms with Gasteiger partial charge < -0.3 is 15.0 Å². The van der Waals surface area contributed by atoms with Gasteiger partial charge in [0, 0.05) is 39.3 Å². The van der Waals surface area contributed by atoms with E-state index < -0.39 is 0 Å². The second-order valence-electron chi connectivity index (χ2n) is 6.51. The van der Waals surface area contributed by atoms with E-state index in [1.807, 2.05) is 18.3 Å². The molecular formula is C18H28N4O2. The van der Waals surface area contributed by atoms with E-state index in [0.29, 0.717) is 12.2 Å². The summed E-state index contributed by atoms with van der Waals surface area (Å²) < 4.78 is 5.32. The summed E-state index contributed by atoms with van der Waals surface area (Å²) in [6.45, 7) is 7.15. The Morgan fingerprint density at radius 3 is 2.50 bits per heavy atom. The van der Waals surface area contributed by atoms with Crippen molar-refractivity contribution in [1.82, 2.24) is 15.2 Å². The molecule has 6 heteroatoms. The zero-order valence-corrected chi connectivity index (χ0v) is 14.4. The van der Waals surface area contributed by atoms with Crippen molar-refractivity contribution >= 4 is 11.6 Å². The van der Waals surface area contributed by atoms with Crippen LogP contribution < -0.4 is 10.2 Å². The van der Waals surface area contributed by atoms with Gasteiger partial charge in [-0.1, -0.05) is 12.8 Å². The second-order valence-corrected chi connectivity index (χ2v) is 6.51. The molecule has 24 heavy (non-hydrogen) atoms. The number of hydrogen-bond donors (Lipinski definition) is 1. The average Bonchev–Trinajstić information content (AvgIpc) is 2.92. The maximum atomic E-state index is 12.2. The Morgan fingerprint density at radius 1 is 1.08 bits per heavy atom. The van der Waals surface area contributed by atoms with Crippen molar-refractivity contribution in [3.63, 3.8) is 0 Å². The van der Waals surface area contributed by atoms with Gasteiger partial charge in [0.25, 0.3) is 5.91 Å². The maximum absolute atomic E-state index is 12.2. The summed E-state index contributed by atoms with van der Waals surface area (Å²) >= 11 is 0. The SMILES string of the molecule is O=C(NCCN1CCOCC1)c1ccc(N2CCCCCC2)cn1. The molecule has 3 rings (SSSR count). The highest BCUT2D eigenvalue weighted by atomic mass is 16.5. The Bertz CT molecular complexity index is 506. The van der Waals surface area contributed by atoms with Gasteiger partial charge in [-0.05, 0) is 25.0 Å². The number of carbonyl (C=O) groups is 1. The fourth-order valence-electron chi connectivity index (χ4n) is 3.28. The van der Waals surface area contributed by atoms with Crippen LogP contribution >= 0.6 is 0 Å². The van der Waals surface area contributed by atoms with E-state index in [9.17, 15) is 4.79 Å². The molecule has 0 spiro atoms. The first-order valence-electron chi connectivity index (χ1n) is 9.12. The number of amides is 1. The third-order valence-corrected chi connectivity index (χ3v) is 4.77. The maximum Gasteiger partial charge on any atom is 0.269 e. The minimum absolute atomic E-state index is 0.0920. The van der Waals surface area contributed by atoms with Crippen molar-refractivity contribution in [2.45, 2.75) is 25.7 Å². The normalized spacial score (nSPS) is 19.8. The van der Waals surface area contributed by atoms with Crippen LogP contribution in [0.3, 0.4) is 0 Å². The summed E-state index contributed by atoms with van der Waals surface area (Å²) in [6.07, 6.45) is 6.94. The molecular weight excluding hydrogens is 304 g/mol. The lowest BCUT2D eigenvalue weighted by Crippen LogP contribution is -2.41. The van der Waals surface area contributed by atoms with Gasteiger partial charge in [-0.3, -0.25) is 9.69 Å². The fraction of sp³-hybridized carbons (Fsp3) is 0.667. The molecule has 1 aromatic heterocycles. The number of ether oxygens (including phenoxy) is 1. The van der Waals surface area contributed by atoms with E-state index >= 15 is 0 Å². The molecule has 2 aliphatic heterocycles. The number of carbonyl (C=O) groups excluding carboxylic acids is 1. The molecule has 2 fully saturated rings. The third-order valence-electron chi connectivity index (χ3n) is 4.77. The molecule has 1 N–H and O–H groups in total. The first-order chi connectivity index (χ1) is 11.8. The molecule has 0 atom stereocenters. The van der Waals surface area contributed by atoms with Gasteiger partial charge in [0.1, 0.15) is 5.69 Å². The molecule has 6 nitrogen and oxygen atoms in total. The van der Waals surface area contributed by atoms with Gasteiger partial charge >= 0.3 is 0 Å². The topological polar surface area (TPSA) is 57.7 Å². The summed E-state index contributed by atoms with van der Waals surface area (Å²) in [5.41, 5.74) is 1.62. The zero-order valence-electron chi connectivity index (χ0n) is 14.4. The summed E-state index contributed by atoms with van der Waals surface area (Å²) in [6, 6.07) is 3.86. The number of anilines is 1. The molecule has 1 amide bonds. The number of aromatic nitrogens is 1.